The summed E-state index contributed by atoms with van der Waals surface area (Å²) in [6.07, 6.45) is 0. The number of carbonyl (C=O) groups is 1. The molecule has 0 bridgehead atoms. The number of hydrogen-bond donors (Lipinski definition) is 1. The van der Waals surface area contributed by atoms with Gasteiger partial charge in [-0.05, 0) is 31.2 Å². The van der Waals surface area contributed by atoms with E-state index in [-0.39, 0.29) is 17.8 Å². The molecule has 0 fully saturated rings. The summed E-state index contributed by atoms with van der Waals surface area (Å²) in [7, 11) is 1.77. The SMILES string of the molecule is Cc1cc(-c2nnc(NC(=O)c3cccc(Cl)c3)o2)n(C)n1. The zero-order chi connectivity index (χ0) is 15.7. The fourth-order valence-electron chi connectivity index (χ4n) is 1.99. The number of hydrogen-bond acceptors (Lipinski definition) is 5. The second kappa shape index (κ2) is 5.61. The van der Waals surface area contributed by atoms with Crippen LogP contribution in [-0.2, 0) is 7.05 Å². The highest BCUT2D eigenvalue weighted by molar-refractivity contribution is 6.31. The van der Waals surface area contributed by atoms with Crippen molar-refractivity contribution in [2.45, 2.75) is 6.92 Å². The zero-order valence-electron chi connectivity index (χ0n) is 11.9. The van der Waals surface area contributed by atoms with Gasteiger partial charge in [-0.2, -0.15) is 5.10 Å². The van der Waals surface area contributed by atoms with Crippen molar-refractivity contribution < 1.29 is 9.21 Å². The Morgan fingerprint density at radius 2 is 2.14 bits per heavy atom. The van der Waals surface area contributed by atoms with E-state index in [1.165, 1.54) is 0 Å². The summed E-state index contributed by atoms with van der Waals surface area (Å²) < 4.78 is 7.07. The van der Waals surface area contributed by atoms with Gasteiger partial charge in [0.05, 0.1) is 5.69 Å². The Balaban J connectivity index is 1.80. The summed E-state index contributed by atoms with van der Waals surface area (Å²) in [6.45, 7) is 1.86. The van der Waals surface area contributed by atoms with Gasteiger partial charge in [0.2, 0.25) is 0 Å². The predicted molar refractivity (Wildman–Crippen MR) is 80.6 cm³/mol. The molecule has 8 heteroatoms. The zero-order valence-corrected chi connectivity index (χ0v) is 12.6. The molecule has 0 radical (unpaired) electrons. The largest absolute Gasteiger partial charge is 0.401 e. The lowest BCUT2D eigenvalue weighted by molar-refractivity contribution is 0.102. The summed E-state index contributed by atoms with van der Waals surface area (Å²) in [5.41, 5.74) is 1.91. The topological polar surface area (TPSA) is 85.8 Å². The monoisotopic (exact) mass is 317 g/mol. The molecule has 3 aromatic rings. The first-order valence-corrected chi connectivity index (χ1v) is 6.82. The first-order valence-electron chi connectivity index (χ1n) is 6.44. The first kappa shape index (κ1) is 14.3. The molecule has 22 heavy (non-hydrogen) atoms. The van der Waals surface area contributed by atoms with Crippen LogP contribution in [0.1, 0.15) is 16.1 Å². The van der Waals surface area contributed by atoms with E-state index < -0.39 is 0 Å². The average Bonchev–Trinajstić information content (AvgIpc) is 3.05. The van der Waals surface area contributed by atoms with E-state index in [1.54, 1.807) is 36.0 Å². The number of nitrogens with one attached hydrogen (secondary N) is 1. The molecule has 0 saturated heterocycles. The second-order valence-corrected chi connectivity index (χ2v) is 5.11. The molecule has 7 nitrogen and oxygen atoms in total. The van der Waals surface area contributed by atoms with E-state index in [1.807, 2.05) is 13.0 Å². The molecule has 112 valence electrons. The lowest BCUT2D eigenvalue weighted by atomic mass is 10.2. The molecule has 0 unspecified atom stereocenters. The van der Waals surface area contributed by atoms with Crippen LogP contribution in [0, 0.1) is 6.92 Å². The third kappa shape index (κ3) is 2.84. The molecule has 0 atom stereocenters. The van der Waals surface area contributed by atoms with Gasteiger partial charge in [-0.1, -0.05) is 22.8 Å². The van der Waals surface area contributed by atoms with Crippen LogP contribution in [0.3, 0.4) is 0 Å². The Bertz CT molecular complexity index is 839. The lowest BCUT2D eigenvalue weighted by Gasteiger charge is -2.00. The van der Waals surface area contributed by atoms with Gasteiger partial charge in [0.1, 0.15) is 5.69 Å². The highest BCUT2D eigenvalue weighted by Gasteiger charge is 2.15. The van der Waals surface area contributed by atoms with Gasteiger partial charge < -0.3 is 4.42 Å². The van der Waals surface area contributed by atoms with E-state index in [0.29, 0.717) is 16.3 Å². The van der Waals surface area contributed by atoms with Crippen LogP contribution >= 0.6 is 11.6 Å². The second-order valence-electron chi connectivity index (χ2n) is 4.67. The van der Waals surface area contributed by atoms with Crippen molar-refractivity contribution in [3.05, 3.63) is 46.6 Å². The number of aromatic nitrogens is 4. The van der Waals surface area contributed by atoms with Gasteiger partial charge in [0.25, 0.3) is 11.8 Å². The van der Waals surface area contributed by atoms with E-state index in [9.17, 15) is 4.79 Å². The maximum atomic E-state index is 12.1. The molecule has 0 saturated carbocycles. The highest BCUT2D eigenvalue weighted by Crippen LogP contribution is 2.20. The van der Waals surface area contributed by atoms with Gasteiger partial charge in [-0.3, -0.25) is 14.8 Å². The molecule has 2 aromatic heterocycles. The molecule has 0 aliphatic heterocycles. The quantitative estimate of drug-likeness (QED) is 0.802. The molecule has 1 N–H and O–H groups in total. The van der Waals surface area contributed by atoms with E-state index in [2.05, 4.69) is 20.6 Å². The fourth-order valence-corrected chi connectivity index (χ4v) is 2.18. The number of carbonyl (C=O) groups excluding carboxylic acids is 1. The van der Waals surface area contributed by atoms with E-state index in [4.69, 9.17) is 16.0 Å². The van der Waals surface area contributed by atoms with Crippen LogP contribution in [0.15, 0.2) is 34.7 Å². The molecule has 0 aliphatic carbocycles. The maximum absolute atomic E-state index is 12.1. The van der Waals surface area contributed by atoms with E-state index >= 15 is 0 Å². The Morgan fingerprint density at radius 3 is 2.82 bits per heavy atom. The molecule has 2 heterocycles. The molecule has 1 amide bonds. The normalized spacial score (nSPS) is 10.7. The summed E-state index contributed by atoms with van der Waals surface area (Å²) in [4.78, 5) is 12.1. The van der Waals surface area contributed by atoms with Crippen LogP contribution in [0.4, 0.5) is 6.01 Å². The van der Waals surface area contributed by atoms with Gasteiger partial charge >= 0.3 is 6.01 Å². The average molecular weight is 318 g/mol. The highest BCUT2D eigenvalue weighted by atomic mass is 35.5. The van der Waals surface area contributed by atoms with Crippen molar-refractivity contribution >= 4 is 23.5 Å². The van der Waals surface area contributed by atoms with Crippen molar-refractivity contribution in [1.82, 2.24) is 20.0 Å². The van der Waals surface area contributed by atoms with Crippen LogP contribution < -0.4 is 5.32 Å². The number of halogens is 1. The smallest absolute Gasteiger partial charge is 0.322 e. The van der Waals surface area contributed by atoms with Crippen LogP contribution in [-0.4, -0.2) is 25.9 Å². The van der Waals surface area contributed by atoms with Crippen molar-refractivity contribution in [3.63, 3.8) is 0 Å². The lowest BCUT2D eigenvalue weighted by Crippen LogP contribution is -2.11. The Hall–Kier alpha value is -2.67. The van der Waals surface area contributed by atoms with Crippen LogP contribution in [0.25, 0.3) is 11.6 Å². The summed E-state index contributed by atoms with van der Waals surface area (Å²) in [5.74, 6) is -0.0941. The molecule has 0 aliphatic rings. The molecule has 1 aromatic carbocycles. The van der Waals surface area contributed by atoms with Crippen LogP contribution in [0.5, 0.6) is 0 Å². The minimum atomic E-state index is -0.376. The minimum Gasteiger partial charge on any atom is -0.401 e. The number of nitrogens with zero attached hydrogens (tertiary/aromatic N) is 4. The van der Waals surface area contributed by atoms with Crippen molar-refractivity contribution in [1.29, 1.82) is 0 Å². The Labute approximate surface area is 130 Å². The van der Waals surface area contributed by atoms with Crippen molar-refractivity contribution in [2.75, 3.05) is 5.32 Å². The first-order chi connectivity index (χ1) is 10.5. The van der Waals surface area contributed by atoms with Gasteiger partial charge in [-0.25, -0.2) is 0 Å². The van der Waals surface area contributed by atoms with E-state index in [0.717, 1.165) is 5.69 Å². The predicted octanol–water partition coefficient (Wildman–Crippen LogP) is 2.68. The summed E-state index contributed by atoms with van der Waals surface area (Å²) >= 11 is 5.85. The number of benzene rings is 1. The van der Waals surface area contributed by atoms with Crippen molar-refractivity contribution in [3.8, 4) is 11.6 Å². The molecular formula is C14H12ClN5O2. The summed E-state index contributed by atoms with van der Waals surface area (Å²) in [6, 6.07) is 8.40. The number of aryl methyl sites for hydroxylation is 2. The fraction of sp³-hybridized carbons (Fsp3) is 0.143. The number of amides is 1. The third-order valence-electron chi connectivity index (χ3n) is 2.95. The van der Waals surface area contributed by atoms with Gasteiger partial charge in [-0.15, -0.1) is 5.10 Å². The number of anilines is 1. The minimum absolute atomic E-state index is 0.0128. The van der Waals surface area contributed by atoms with Crippen LogP contribution in [0.2, 0.25) is 5.02 Å². The Morgan fingerprint density at radius 1 is 1.32 bits per heavy atom. The molecular weight excluding hydrogens is 306 g/mol. The Kier molecular flexibility index (Phi) is 3.64. The van der Waals surface area contributed by atoms with Crippen molar-refractivity contribution in [2.24, 2.45) is 7.05 Å². The summed E-state index contributed by atoms with van der Waals surface area (Å²) in [5, 5.41) is 14.9. The van der Waals surface area contributed by atoms with Gasteiger partial charge in [0, 0.05) is 17.6 Å². The maximum Gasteiger partial charge on any atom is 0.322 e. The molecule has 3 rings (SSSR count). The van der Waals surface area contributed by atoms with Gasteiger partial charge in [0.15, 0.2) is 0 Å². The molecule has 0 spiro atoms. The number of rotatable bonds is 3. The third-order valence-corrected chi connectivity index (χ3v) is 3.19. The standard InChI is InChI=1S/C14H12ClN5O2/c1-8-6-11(20(2)19-8)13-17-18-14(22-13)16-12(21)9-4-3-5-10(15)7-9/h3-7H,1-2H3,(H,16,18,21).